The largest absolute Gasteiger partial charge is 0.388 e. The van der Waals surface area contributed by atoms with Crippen LogP contribution in [0, 0.1) is 11.6 Å². The molecule has 0 aliphatic heterocycles. The van der Waals surface area contributed by atoms with Crippen molar-refractivity contribution >= 4 is 22.9 Å². The van der Waals surface area contributed by atoms with Gasteiger partial charge in [-0.2, -0.15) is 0 Å². The highest BCUT2D eigenvalue weighted by Crippen LogP contribution is 2.20. The van der Waals surface area contributed by atoms with Crippen LogP contribution < -0.4 is 16.4 Å². The summed E-state index contributed by atoms with van der Waals surface area (Å²) in [5.74, 6) is -1.55. The first-order valence-electron chi connectivity index (χ1n) is 7.85. The fourth-order valence-corrected chi connectivity index (χ4v) is 3.32. The average Bonchev–Trinajstić information content (AvgIpc) is 3.04. The Kier molecular flexibility index (Phi) is 6.66. The van der Waals surface area contributed by atoms with E-state index in [4.69, 9.17) is 5.73 Å². The van der Waals surface area contributed by atoms with Crippen LogP contribution in [0.15, 0.2) is 35.7 Å². The fraction of sp³-hybridized carbons (Fsp3) is 0.278. The van der Waals surface area contributed by atoms with Gasteiger partial charge in [-0.3, -0.25) is 4.79 Å². The summed E-state index contributed by atoms with van der Waals surface area (Å²) in [6.45, 7) is 2.07. The zero-order valence-electron chi connectivity index (χ0n) is 14.1. The average molecular weight is 365 g/mol. The molecule has 4 N–H and O–H groups in total. The Balaban J connectivity index is 2.07. The minimum atomic E-state index is -0.647. The highest BCUT2D eigenvalue weighted by atomic mass is 32.1. The van der Waals surface area contributed by atoms with Gasteiger partial charge in [0, 0.05) is 42.3 Å². The Morgan fingerprint density at radius 3 is 2.52 bits per heavy atom. The van der Waals surface area contributed by atoms with Gasteiger partial charge in [0.05, 0.1) is 4.88 Å². The first kappa shape index (κ1) is 19.1. The Morgan fingerprint density at radius 1 is 1.28 bits per heavy atom. The zero-order valence-corrected chi connectivity index (χ0v) is 14.9. The van der Waals surface area contributed by atoms with Crippen LogP contribution in [0.2, 0.25) is 0 Å². The van der Waals surface area contributed by atoms with Gasteiger partial charge in [0.1, 0.15) is 11.6 Å². The lowest BCUT2D eigenvalue weighted by molar-refractivity contribution is 0.0942. The molecule has 1 aromatic heterocycles. The summed E-state index contributed by atoms with van der Waals surface area (Å²) in [5.41, 5.74) is 8.01. The zero-order chi connectivity index (χ0) is 18.4. The molecule has 2 aromatic rings. The third kappa shape index (κ3) is 5.11. The van der Waals surface area contributed by atoms with Crippen LogP contribution in [0.3, 0.4) is 0 Å². The first-order valence-corrected chi connectivity index (χ1v) is 8.73. The summed E-state index contributed by atoms with van der Waals surface area (Å²) in [6.07, 6.45) is 2.18. The van der Waals surface area contributed by atoms with Crippen LogP contribution in [0.5, 0.6) is 0 Å². The maximum atomic E-state index is 13.3. The molecule has 0 fully saturated rings. The number of benzene rings is 1. The molecular formula is C18H21F2N3OS. The predicted molar refractivity (Wildman–Crippen MR) is 97.4 cm³/mol. The van der Waals surface area contributed by atoms with Gasteiger partial charge in [0.15, 0.2) is 0 Å². The molecule has 0 aliphatic rings. The number of hydrogen-bond donors (Lipinski definition) is 3. The van der Waals surface area contributed by atoms with Crippen molar-refractivity contribution in [1.29, 1.82) is 0 Å². The molecule has 4 nitrogen and oxygen atoms in total. The molecule has 1 heterocycles. The van der Waals surface area contributed by atoms with E-state index in [1.807, 2.05) is 25.4 Å². The van der Waals surface area contributed by atoms with Gasteiger partial charge in [0.2, 0.25) is 0 Å². The first-order chi connectivity index (χ1) is 12.0. The summed E-state index contributed by atoms with van der Waals surface area (Å²) in [4.78, 5) is 13.0. The van der Waals surface area contributed by atoms with Crippen molar-refractivity contribution in [2.75, 3.05) is 13.6 Å². The normalized spacial score (nSPS) is 12.8. The second-order valence-electron chi connectivity index (χ2n) is 5.54. The van der Waals surface area contributed by atoms with Crippen LogP contribution in [0.1, 0.15) is 27.7 Å². The molecule has 25 heavy (non-hydrogen) atoms. The third-order valence-corrected chi connectivity index (χ3v) is 4.65. The Hall–Kier alpha value is -2.25. The van der Waals surface area contributed by atoms with Crippen molar-refractivity contribution < 1.29 is 13.6 Å². The molecule has 0 saturated carbocycles. The number of nitrogens with one attached hydrogen (secondary N) is 2. The minimum absolute atomic E-state index is 0.165. The van der Waals surface area contributed by atoms with Gasteiger partial charge in [-0.05, 0) is 37.1 Å². The minimum Gasteiger partial charge on any atom is -0.388 e. The van der Waals surface area contributed by atoms with Crippen molar-refractivity contribution in [1.82, 2.24) is 10.6 Å². The highest BCUT2D eigenvalue weighted by Gasteiger charge is 2.16. The number of thiophene rings is 1. The molecular weight excluding hydrogens is 344 g/mol. The summed E-state index contributed by atoms with van der Waals surface area (Å²) in [7, 11) is 1.81. The molecule has 2 rings (SSSR count). The van der Waals surface area contributed by atoms with Gasteiger partial charge in [0.25, 0.3) is 5.91 Å². The van der Waals surface area contributed by atoms with Gasteiger partial charge >= 0.3 is 0 Å². The third-order valence-electron chi connectivity index (χ3n) is 3.72. The Morgan fingerprint density at radius 2 is 1.96 bits per heavy atom. The predicted octanol–water partition coefficient (Wildman–Crippen LogP) is 2.91. The van der Waals surface area contributed by atoms with Gasteiger partial charge in [-0.1, -0.05) is 6.08 Å². The maximum Gasteiger partial charge on any atom is 0.261 e. The van der Waals surface area contributed by atoms with Crippen LogP contribution in [-0.2, 0) is 6.42 Å². The lowest BCUT2D eigenvalue weighted by Gasteiger charge is -2.16. The van der Waals surface area contributed by atoms with E-state index in [0.29, 0.717) is 10.4 Å². The molecule has 1 aromatic carbocycles. The molecule has 0 unspecified atom stereocenters. The molecule has 7 heteroatoms. The molecule has 0 bridgehead atoms. The second-order valence-corrected chi connectivity index (χ2v) is 6.45. The Bertz CT molecular complexity index is 753. The van der Waals surface area contributed by atoms with Crippen LogP contribution in [-0.4, -0.2) is 25.5 Å². The van der Waals surface area contributed by atoms with Crippen LogP contribution in [0.25, 0.3) is 5.70 Å². The van der Waals surface area contributed by atoms with Gasteiger partial charge in [-0.15, -0.1) is 11.3 Å². The van der Waals surface area contributed by atoms with E-state index in [9.17, 15) is 13.6 Å². The lowest BCUT2D eigenvalue weighted by atomic mass is 10.1. The standard InChI is InChI=1S/C18H21F2N3OS/c1-3-16(22-2)12-7-17(25-10-12)18(24)23-15(9-21)6-11-4-13(19)8-14(20)5-11/h3-5,7-8,10,15,22H,6,9,21H2,1-2H3,(H,23,24)/b16-3+/t15-/m0/s1. The second kappa shape index (κ2) is 8.73. The lowest BCUT2D eigenvalue weighted by Crippen LogP contribution is -2.41. The fourth-order valence-electron chi connectivity index (χ4n) is 2.52. The van der Waals surface area contributed by atoms with Crippen molar-refractivity contribution in [2.45, 2.75) is 19.4 Å². The van der Waals surface area contributed by atoms with Crippen molar-refractivity contribution in [3.05, 3.63) is 63.4 Å². The van der Waals surface area contributed by atoms with Crippen LogP contribution >= 0.6 is 11.3 Å². The van der Waals surface area contributed by atoms with Crippen molar-refractivity contribution in [3.63, 3.8) is 0 Å². The number of carbonyl (C=O) groups excluding carboxylic acids is 1. The molecule has 1 amide bonds. The summed E-state index contributed by atoms with van der Waals surface area (Å²) in [6, 6.07) is 4.68. The number of rotatable bonds is 7. The van der Waals surface area contributed by atoms with E-state index in [1.165, 1.54) is 23.5 Å². The molecule has 1 atom stereocenters. The summed E-state index contributed by atoms with van der Waals surface area (Å²) < 4.78 is 26.6. The number of nitrogens with two attached hydrogens (primary N) is 1. The van der Waals surface area contributed by atoms with E-state index in [-0.39, 0.29) is 18.9 Å². The van der Waals surface area contributed by atoms with E-state index in [2.05, 4.69) is 10.6 Å². The molecule has 0 radical (unpaired) electrons. The van der Waals surface area contributed by atoms with E-state index in [1.54, 1.807) is 6.07 Å². The molecule has 0 saturated heterocycles. The van der Waals surface area contributed by atoms with E-state index < -0.39 is 17.7 Å². The number of amides is 1. The highest BCUT2D eigenvalue weighted by molar-refractivity contribution is 7.12. The molecule has 0 aliphatic carbocycles. The van der Waals surface area contributed by atoms with E-state index >= 15 is 0 Å². The van der Waals surface area contributed by atoms with Crippen molar-refractivity contribution in [2.24, 2.45) is 5.73 Å². The van der Waals surface area contributed by atoms with Crippen LogP contribution in [0.4, 0.5) is 8.78 Å². The quantitative estimate of drug-likeness (QED) is 0.707. The summed E-state index contributed by atoms with van der Waals surface area (Å²) in [5, 5.41) is 7.77. The molecule has 134 valence electrons. The topological polar surface area (TPSA) is 67.2 Å². The SMILES string of the molecule is C/C=C(/NC)c1csc(C(=O)N[C@H](CN)Cc2cc(F)cc(F)c2)c1. The number of allylic oxidation sites excluding steroid dienone is 1. The number of carbonyl (C=O) groups is 1. The smallest absolute Gasteiger partial charge is 0.261 e. The number of halogens is 2. The summed E-state index contributed by atoms with van der Waals surface area (Å²) >= 11 is 1.33. The van der Waals surface area contributed by atoms with Crippen molar-refractivity contribution in [3.8, 4) is 0 Å². The van der Waals surface area contributed by atoms with E-state index in [0.717, 1.165) is 17.3 Å². The maximum absolute atomic E-state index is 13.3. The van der Waals surface area contributed by atoms with Gasteiger partial charge < -0.3 is 16.4 Å². The monoisotopic (exact) mass is 365 g/mol. The van der Waals surface area contributed by atoms with Gasteiger partial charge in [-0.25, -0.2) is 8.78 Å². The molecule has 0 spiro atoms. The number of hydrogen-bond acceptors (Lipinski definition) is 4. The Labute approximate surface area is 149 Å².